The third kappa shape index (κ3) is 5.47. The van der Waals surface area contributed by atoms with Gasteiger partial charge in [-0.1, -0.05) is 38.2 Å². The van der Waals surface area contributed by atoms with Crippen molar-refractivity contribution in [1.29, 1.82) is 0 Å². The van der Waals surface area contributed by atoms with Crippen LogP contribution < -0.4 is 0 Å². The molecule has 148 valence electrons. The van der Waals surface area contributed by atoms with Crippen molar-refractivity contribution >= 4 is 23.5 Å². The predicted octanol–water partition coefficient (Wildman–Crippen LogP) is 3.96. The molecule has 0 radical (unpaired) electrons. The van der Waals surface area contributed by atoms with Gasteiger partial charge in [0, 0.05) is 24.7 Å². The average molecular weight is 374 g/mol. The molecule has 2 fully saturated rings. The molecule has 4 atom stereocenters. The minimum Gasteiger partial charge on any atom is -0.393 e. The van der Waals surface area contributed by atoms with Crippen molar-refractivity contribution in [2.75, 3.05) is 0 Å². The predicted molar refractivity (Wildman–Crippen MR) is 102 cm³/mol. The van der Waals surface area contributed by atoms with Crippen molar-refractivity contribution in [2.24, 2.45) is 23.7 Å². The summed E-state index contributed by atoms with van der Waals surface area (Å²) < 4.78 is 5.16. The molecule has 0 aromatic rings. The van der Waals surface area contributed by atoms with Gasteiger partial charge < -0.3 is 4.74 Å². The zero-order valence-corrected chi connectivity index (χ0v) is 16.3. The lowest BCUT2D eigenvalue weighted by atomic mass is 9.91. The van der Waals surface area contributed by atoms with Crippen LogP contribution in [0.1, 0.15) is 65.2 Å². The molecule has 0 spiro atoms. The van der Waals surface area contributed by atoms with E-state index < -0.39 is 35.6 Å². The van der Waals surface area contributed by atoms with E-state index in [1.807, 2.05) is 38.2 Å². The number of ketones is 2. The van der Waals surface area contributed by atoms with E-state index in [2.05, 4.69) is 0 Å². The average Bonchev–Trinajstić information content (AvgIpc) is 3.19. The van der Waals surface area contributed by atoms with Gasteiger partial charge in [0.2, 0.25) is 0 Å². The maximum atomic E-state index is 12.5. The normalized spacial score (nSPS) is 28.5. The van der Waals surface area contributed by atoms with Crippen LogP contribution in [0.4, 0.5) is 0 Å². The van der Waals surface area contributed by atoms with E-state index in [0.717, 1.165) is 12.8 Å². The standard InChI is InChI=1S/C22H30O5/c1-3-5-7-9-15-17(11-13-19(15)23)21(25)27-22(26)18-12-14-20(24)16(18)10-8-6-4-2/h5-8,15-18H,3-4,9-14H2,1-2H3/b7-5+,8-6+/t15-,16-,17+,18+/m0/s1. The Morgan fingerprint density at radius 3 is 1.59 bits per heavy atom. The largest absolute Gasteiger partial charge is 0.393 e. The molecule has 27 heavy (non-hydrogen) atoms. The quantitative estimate of drug-likeness (QED) is 0.365. The number of esters is 2. The zero-order valence-electron chi connectivity index (χ0n) is 16.3. The van der Waals surface area contributed by atoms with Crippen LogP contribution in [0, 0.1) is 23.7 Å². The van der Waals surface area contributed by atoms with Crippen LogP contribution in [0.15, 0.2) is 24.3 Å². The number of carbonyl (C=O) groups excluding carboxylic acids is 4. The highest BCUT2D eigenvalue weighted by atomic mass is 16.6. The van der Waals surface area contributed by atoms with Crippen molar-refractivity contribution in [3.05, 3.63) is 24.3 Å². The van der Waals surface area contributed by atoms with Gasteiger partial charge in [-0.25, -0.2) is 0 Å². The molecule has 2 aliphatic carbocycles. The summed E-state index contributed by atoms with van der Waals surface area (Å²) in [6.45, 7) is 4.01. The van der Waals surface area contributed by atoms with Gasteiger partial charge in [-0.2, -0.15) is 0 Å². The molecule has 0 aromatic heterocycles. The van der Waals surface area contributed by atoms with Crippen molar-refractivity contribution in [1.82, 2.24) is 0 Å². The first-order valence-corrected chi connectivity index (χ1v) is 10.1. The second-order valence-electron chi connectivity index (χ2n) is 7.41. The second kappa shape index (κ2) is 10.3. The highest BCUT2D eigenvalue weighted by Gasteiger charge is 2.43. The Morgan fingerprint density at radius 2 is 1.22 bits per heavy atom. The lowest BCUT2D eigenvalue weighted by molar-refractivity contribution is -0.167. The highest BCUT2D eigenvalue weighted by Crippen LogP contribution is 2.35. The van der Waals surface area contributed by atoms with Gasteiger partial charge in [-0.15, -0.1) is 0 Å². The van der Waals surface area contributed by atoms with Crippen LogP contribution in [0.25, 0.3) is 0 Å². The lowest BCUT2D eigenvalue weighted by Gasteiger charge is -2.18. The molecule has 2 saturated carbocycles. The molecule has 0 heterocycles. The number of hydrogen-bond acceptors (Lipinski definition) is 5. The second-order valence-corrected chi connectivity index (χ2v) is 7.41. The van der Waals surface area contributed by atoms with E-state index in [9.17, 15) is 19.2 Å². The summed E-state index contributed by atoms with van der Waals surface area (Å²) in [7, 11) is 0. The topological polar surface area (TPSA) is 77.5 Å². The van der Waals surface area contributed by atoms with Gasteiger partial charge >= 0.3 is 11.9 Å². The van der Waals surface area contributed by atoms with Crippen molar-refractivity contribution in [3.63, 3.8) is 0 Å². The Kier molecular flexibility index (Phi) is 8.14. The number of allylic oxidation sites excluding steroid dienone is 4. The van der Waals surface area contributed by atoms with Crippen LogP contribution in [0.3, 0.4) is 0 Å². The zero-order chi connectivity index (χ0) is 19.8. The fourth-order valence-electron chi connectivity index (χ4n) is 4.04. The molecule has 2 aliphatic rings. The summed E-state index contributed by atoms with van der Waals surface area (Å²) in [6.07, 6.45) is 12.1. The van der Waals surface area contributed by atoms with Crippen LogP contribution in [-0.4, -0.2) is 23.5 Å². The maximum Gasteiger partial charge on any atom is 0.317 e. The van der Waals surface area contributed by atoms with E-state index in [1.165, 1.54) is 0 Å². The summed E-state index contributed by atoms with van der Waals surface area (Å²) >= 11 is 0. The molecule has 2 rings (SSSR count). The molecule has 0 N–H and O–H groups in total. The summed E-state index contributed by atoms with van der Waals surface area (Å²) in [5.41, 5.74) is 0. The van der Waals surface area contributed by atoms with E-state index in [4.69, 9.17) is 4.74 Å². The van der Waals surface area contributed by atoms with E-state index in [0.29, 0.717) is 38.5 Å². The van der Waals surface area contributed by atoms with Crippen molar-refractivity contribution in [3.8, 4) is 0 Å². The molecule has 5 heteroatoms. The fraction of sp³-hybridized carbons (Fsp3) is 0.636. The molecule has 0 aliphatic heterocycles. The van der Waals surface area contributed by atoms with Gasteiger partial charge in [0.05, 0.1) is 11.8 Å². The third-order valence-corrected chi connectivity index (χ3v) is 5.59. The minimum atomic E-state index is -0.608. The highest BCUT2D eigenvalue weighted by molar-refractivity contribution is 5.97. The van der Waals surface area contributed by atoms with E-state index in [-0.39, 0.29) is 11.6 Å². The van der Waals surface area contributed by atoms with E-state index in [1.54, 1.807) is 0 Å². The van der Waals surface area contributed by atoms with Gasteiger partial charge in [-0.3, -0.25) is 19.2 Å². The first-order chi connectivity index (χ1) is 13.0. The first-order valence-electron chi connectivity index (χ1n) is 10.1. The van der Waals surface area contributed by atoms with Gasteiger partial charge in [-0.05, 0) is 38.5 Å². The molecule has 0 amide bonds. The smallest absolute Gasteiger partial charge is 0.317 e. The van der Waals surface area contributed by atoms with Gasteiger partial charge in [0.15, 0.2) is 0 Å². The molecule has 0 bridgehead atoms. The van der Waals surface area contributed by atoms with E-state index >= 15 is 0 Å². The number of rotatable bonds is 8. The first kappa shape index (κ1) is 21.3. The third-order valence-electron chi connectivity index (χ3n) is 5.59. The Morgan fingerprint density at radius 1 is 0.815 bits per heavy atom. The number of hydrogen-bond donors (Lipinski definition) is 0. The van der Waals surface area contributed by atoms with Crippen LogP contribution in [0.5, 0.6) is 0 Å². The number of carbonyl (C=O) groups is 4. The fourth-order valence-corrected chi connectivity index (χ4v) is 4.04. The molecule has 0 aromatic carbocycles. The van der Waals surface area contributed by atoms with Crippen molar-refractivity contribution in [2.45, 2.75) is 65.2 Å². The molecule has 0 saturated heterocycles. The van der Waals surface area contributed by atoms with Gasteiger partial charge in [0.25, 0.3) is 0 Å². The number of Topliss-reactive ketones (excluding diaryl/α,β-unsaturated/α-hetero) is 2. The maximum absolute atomic E-state index is 12.5. The molecule has 5 nitrogen and oxygen atoms in total. The Bertz CT molecular complexity index is 577. The SMILES string of the molecule is CC/C=C/C[C@@H]1C(=O)CC[C@H]1C(=O)OC(=O)[C@@H]1CCC(=O)[C@H]1C/C=C/CC. The number of ether oxygens (including phenoxy) is 1. The summed E-state index contributed by atoms with van der Waals surface area (Å²) in [4.78, 5) is 49.2. The lowest BCUT2D eigenvalue weighted by Crippen LogP contribution is -2.31. The minimum absolute atomic E-state index is 0.0591. The van der Waals surface area contributed by atoms with Crippen molar-refractivity contribution < 1.29 is 23.9 Å². The van der Waals surface area contributed by atoms with Crippen LogP contribution >= 0.6 is 0 Å². The molecular formula is C22H30O5. The molecular weight excluding hydrogens is 344 g/mol. The summed E-state index contributed by atoms with van der Waals surface area (Å²) in [5, 5.41) is 0. The summed E-state index contributed by atoms with van der Waals surface area (Å²) in [5.74, 6) is -3.02. The van der Waals surface area contributed by atoms with Crippen LogP contribution in [-0.2, 0) is 23.9 Å². The Balaban J connectivity index is 1.98. The Labute approximate surface area is 161 Å². The summed E-state index contributed by atoms with van der Waals surface area (Å²) in [6, 6.07) is 0. The molecule has 0 unspecified atom stereocenters. The monoisotopic (exact) mass is 374 g/mol. The Hall–Kier alpha value is -2.04. The van der Waals surface area contributed by atoms with Gasteiger partial charge in [0.1, 0.15) is 11.6 Å². The van der Waals surface area contributed by atoms with Crippen LogP contribution in [0.2, 0.25) is 0 Å².